The number of amides is 2. The Morgan fingerprint density at radius 1 is 1.06 bits per heavy atom. The van der Waals surface area contributed by atoms with E-state index < -0.39 is 0 Å². The summed E-state index contributed by atoms with van der Waals surface area (Å²) in [5.74, 6) is 0.765. The number of piperidine rings is 1. The smallest absolute Gasteiger partial charge is 0.223 e. The Morgan fingerprint density at radius 2 is 1.71 bits per heavy atom. The third-order valence-electron chi connectivity index (χ3n) is 6.51. The lowest BCUT2D eigenvalue weighted by atomic mass is 9.91. The topological polar surface area (TPSA) is 78.7 Å². The van der Waals surface area contributed by atoms with Gasteiger partial charge in [0.15, 0.2) is 0 Å². The molecule has 0 aliphatic carbocycles. The summed E-state index contributed by atoms with van der Waals surface area (Å²) >= 11 is 0. The predicted octanol–water partition coefficient (Wildman–Crippen LogP) is 5.02. The highest BCUT2D eigenvalue weighted by Gasteiger charge is 2.27. The van der Waals surface area contributed by atoms with Gasteiger partial charge in [0.1, 0.15) is 0 Å². The number of hydrogen-bond donors (Lipinski definition) is 2. The van der Waals surface area contributed by atoms with E-state index in [4.69, 9.17) is 5.73 Å². The molecule has 1 fully saturated rings. The van der Waals surface area contributed by atoms with Crippen molar-refractivity contribution in [1.82, 2.24) is 5.32 Å². The third-order valence-corrected chi connectivity index (χ3v) is 6.51. The Bertz CT molecular complexity index is 991. The van der Waals surface area contributed by atoms with Gasteiger partial charge in [-0.15, -0.1) is 0 Å². The molecular weight excluding hydrogens is 436 g/mol. The molecule has 1 saturated heterocycles. The fraction of sp³-hybridized carbons (Fsp3) is 0.517. The van der Waals surface area contributed by atoms with Gasteiger partial charge in [0.05, 0.1) is 0 Å². The quantitative estimate of drug-likeness (QED) is 0.607. The highest BCUT2D eigenvalue weighted by atomic mass is 16.2. The molecule has 2 heterocycles. The number of carbonyl (C=O) groups is 2. The number of nitrogens with zero attached hydrogens (tertiary/aromatic N) is 2. The largest absolute Gasteiger partial charge is 0.399 e. The van der Waals surface area contributed by atoms with Crippen LogP contribution in [0.5, 0.6) is 0 Å². The number of nitrogen functional groups attached to an aromatic ring is 1. The first-order valence-electron chi connectivity index (χ1n) is 12.8. The van der Waals surface area contributed by atoms with Gasteiger partial charge in [0, 0.05) is 56.1 Å². The fourth-order valence-electron chi connectivity index (χ4n) is 4.84. The lowest BCUT2D eigenvalue weighted by molar-refractivity contribution is -0.123. The first-order chi connectivity index (χ1) is 16.5. The molecule has 1 unspecified atom stereocenters. The molecule has 2 aromatic carbocycles. The van der Waals surface area contributed by atoms with Crippen LogP contribution in [-0.4, -0.2) is 37.5 Å². The molecule has 6 nitrogen and oxygen atoms in total. The number of rotatable bonds is 3. The molecule has 0 bridgehead atoms. The molecule has 3 N–H and O–H groups in total. The van der Waals surface area contributed by atoms with Crippen LogP contribution in [0.1, 0.15) is 59.4 Å². The van der Waals surface area contributed by atoms with Crippen LogP contribution in [0, 0.1) is 11.3 Å². The molecule has 0 spiro atoms. The van der Waals surface area contributed by atoms with Gasteiger partial charge < -0.3 is 20.9 Å². The summed E-state index contributed by atoms with van der Waals surface area (Å²) in [5, 5.41) is 3.21. The van der Waals surface area contributed by atoms with Crippen molar-refractivity contribution in [2.75, 3.05) is 35.2 Å². The molecule has 2 amide bonds. The molecular formula is C29H42N4O2. The maximum absolute atomic E-state index is 12.2. The normalized spacial score (nSPS) is 18.3. The van der Waals surface area contributed by atoms with E-state index in [2.05, 4.69) is 56.1 Å². The maximum Gasteiger partial charge on any atom is 0.223 e. The van der Waals surface area contributed by atoms with Gasteiger partial charge in [-0.1, -0.05) is 45.9 Å². The van der Waals surface area contributed by atoms with Gasteiger partial charge in [-0.05, 0) is 66.5 Å². The van der Waals surface area contributed by atoms with Gasteiger partial charge in [-0.3, -0.25) is 9.59 Å². The second-order valence-electron chi connectivity index (χ2n) is 11.2. The second kappa shape index (κ2) is 11.6. The number of nitrogens with one attached hydrogen (secondary N) is 1. The number of anilines is 3. The molecule has 0 saturated carbocycles. The molecule has 0 radical (unpaired) electrons. The van der Waals surface area contributed by atoms with Crippen molar-refractivity contribution in [2.24, 2.45) is 11.3 Å². The van der Waals surface area contributed by atoms with Crippen molar-refractivity contribution in [3.8, 4) is 0 Å². The summed E-state index contributed by atoms with van der Waals surface area (Å²) in [5.41, 5.74) is 9.78. The lowest BCUT2D eigenvalue weighted by Crippen LogP contribution is -2.45. The summed E-state index contributed by atoms with van der Waals surface area (Å²) in [6.07, 6.45) is 3.54. The van der Waals surface area contributed by atoms with Crippen LogP contribution in [0.4, 0.5) is 17.1 Å². The highest BCUT2D eigenvalue weighted by Crippen LogP contribution is 2.34. The van der Waals surface area contributed by atoms with E-state index in [1.807, 2.05) is 35.2 Å². The number of carbonyl (C=O) groups excluding carboxylic acids is 2. The van der Waals surface area contributed by atoms with Crippen LogP contribution in [0.15, 0.2) is 48.5 Å². The van der Waals surface area contributed by atoms with Crippen LogP contribution >= 0.6 is 0 Å². The van der Waals surface area contributed by atoms with E-state index in [0.717, 1.165) is 50.3 Å². The first-order valence-corrected chi connectivity index (χ1v) is 12.8. The minimum atomic E-state index is 0.0266. The van der Waals surface area contributed by atoms with Crippen LogP contribution in [0.2, 0.25) is 0 Å². The predicted molar refractivity (Wildman–Crippen MR) is 146 cm³/mol. The minimum absolute atomic E-state index is 0.0266. The molecule has 0 aromatic heterocycles. The Hall–Kier alpha value is -3.02. The van der Waals surface area contributed by atoms with E-state index in [1.165, 1.54) is 11.3 Å². The second-order valence-corrected chi connectivity index (χ2v) is 11.2. The zero-order valence-electron chi connectivity index (χ0n) is 22.0. The number of para-hydroxylation sites is 1. The molecule has 2 aromatic rings. The summed E-state index contributed by atoms with van der Waals surface area (Å²) in [4.78, 5) is 28.5. The Balaban J connectivity index is 0.000000420. The van der Waals surface area contributed by atoms with Crippen LogP contribution < -0.4 is 20.9 Å². The van der Waals surface area contributed by atoms with Gasteiger partial charge >= 0.3 is 0 Å². The molecule has 4 rings (SSSR count). The van der Waals surface area contributed by atoms with Crippen molar-refractivity contribution in [3.05, 3.63) is 54.1 Å². The summed E-state index contributed by atoms with van der Waals surface area (Å²) in [6, 6.07) is 16.3. The number of benzene rings is 2. The average molecular weight is 479 g/mol. The highest BCUT2D eigenvalue weighted by molar-refractivity contribution is 5.93. The van der Waals surface area contributed by atoms with Crippen LogP contribution in [0.25, 0.3) is 0 Å². The summed E-state index contributed by atoms with van der Waals surface area (Å²) in [6.45, 7) is 12.8. The van der Waals surface area contributed by atoms with E-state index in [-0.39, 0.29) is 23.3 Å². The molecule has 35 heavy (non-hydrogen) atoms. The standard InChI is InChI=1S/C23H35N3O2.C6H7N/c1-16-12-18-13-20(6-7-21(18)26(15-16)17(2)27)25-10-8-19(9-11-25)24-22(28)14-23(3,4)5;7-6-4-2-1-3-5-6/h6-7,13,16,19H,8-12,14-15H2,1-5H3,(H,24,28);1-5H,7H2. The van der Waals surface area contributed by atoms with Gasteiger partial charge in [-0.2, -0.15) is 0 Å². The van der Waals surface area contributed by atoms with E-state index in [9.17, 15) is 9.59 Å². The molecule has 6 heteroatoms. The van der Waals surface area contributed by atoms with Crippen LogP contribution in [-0.2, 0) is 16.0 Å². The fourth-order valence-corrected chi connectivity index (χ4v) is 4.84. The van der Waals surface area contributed by atoms with Crippen molar-refractivity contribution >= 4 is 28.9 Å². The zero-order valence-corrected chi connectivity index (χ0v) is 22.0. The van der Waals surface area contributed by atoms with E-state index >= 15 is 0 Å². The van der Waals surface area contributed by atoms with Crippen LogP contribution in [0.3, 0.4) is 0 Å². The number of fused-ring (bicyclic) bond motifs is 1. The molecule has 2 aliphatic rings. The molecule has 190 valence electrons. The zero-order chi connectivity index (χ0) is 25.6. The average Bonchev–Trinajstić information content (AvgIpc) is 2.78. The third kappa shape index (κ3) is 8.01. The minimum Gasteiger partial charge on any atom is -0.399 e. The van der Waals surface area contributed by atoms with E-state index in [0.29, 0.717) is 12.3 Å². The van der Waals surface area contributed by atoms with Gasteiger partial charge in [0.2, 0.25) is 11.8 Å². The Morgan fingerprint density at radius 3 is 2.26 bits per heavy atom. The number of nitrogens with two attached hydrogens (primary N) is 1. The van der Waals surface area contributed by atoms with Crippen molar-refractivity contribution in [2.45, 2.75) is 66.3 Å². The Kier molecular flexibility index (Phi) is 8.82. The lowest BCUT2D eigenvalue weighted by Gasteiger charge is -2.36. The van der Waals surface area contributed by atoms with Crippen molar-refractivity contribution in [3.63, 3.8) is 0 Å². The first kappa shape index (κ1) is 26.6. The van der Waals surface area contributed by atoms with Crippen molar-refractivity contribution < 1.29 is 9.59 Å². The molecule has 2 aliphatic heterocycles. The summed E-state index contributed by atoms with van der Waals surface area (Å²) in [7, 11) is 0. The molecule has 1 atom stereocenters. The Labute approximate surface area is 210 Å². The van der Waals surface area contributed by atoms with Crippen molar-refractivity contribution in [1.29, 1.82) is 0 Å². The van der Waals surface area contributed by atoms with Gasteiger partial charge in [0.25, 0.3) is 0 Å². The monoisotopic (exact) mass is 478 g/mol. The van der Waals surface area contributed by atoms with E-state index in [1.54, 1.807) is 6.92 Å². The maximum atomic E-state index is 12.2. The summed E-state index contributed by atoms with van der Waals surface area (Å²) < 4.78 is 0. The SMILES string of the molecule is CC(=O)N1CC(C)Cc2cc(N3CCC(NC(=O)CC(C)(C)C)CC3)ccc21.Nc1ccccc1. The van der Waals surface area contributed by atoms with Gasteiger partial charge in [-0.25, -0.2) is 0 Å². The number of hydrogen-bond acceptors (Lipinski definition) is 4.